The lowest BCUT2D eigenvalue weighted by Crippen LogP contribution is -2.28. The molecule has 1 aliphatic heterocycles. The third-order valence-electron chi connectivity index (χ3n) is 4.90. The van der Waals surface area contributed by atoms with Crippen molar-refractivity contribution in [3.63, 3.8) is 0 Å². The molecule has 3 heterocycles. The van der Waals surface area contributed by atoms with Crippen LogP contribution in [0.1, 0.15) is 17.0 Å². The predicted octanol–water partition coefficient (Wildman–Crippen LogP) is 2.83. The summed E-state index contributed by atoms with van der Waals surface area (Å²) in [4.78, 5) is 6.65. The Balaban J connectivity index is 0.00000196. The molecule has 1 aromatic carbocycles. The molecule has 1 saturated heterocycles. The van der Waals surface area contributed by atoms with Crippen molar-refractivity contribution in [1.29, 1.82) is 0 Å². The highest BCUT2D eigenvalue weighted by atomic mass is 35.5. The summed E-state index contributed by atoms with van der Waals surface area (Å²) in [5, 5.41) is 4.64. The molecule has 4 rings (SSSR count). The van der Waals surface area contributed by atoms with Gasteiger partial charge >= 0.3 is 0 Å². The van der Waals surface area contributed by atoms with E-state index in [-0.39, 0.29) is 18.4 Å². The smallest absolute Gasteiger partial charge is 0.0983 e. The van der Waals surface area contributed by atoms with Crippen molar-refractivity contribution < 1.29 is 0 Å². The maximum Gasteiger partial charge on any atom is 0.0983 e. The van der Waals surface area contributed by atoms with Crippen LogP contribution in [0.5, 0.6) is 0 Å². The molecule has 0 saturated carbocycles. The molecule has 26 heavy (non-hydrogen) atoms. The van der Waals surface area contributed by atoms with Gasteiger partial charge in [-0.25, -0.2) is 0 Å². The molecule has 2 atom stereocenters. The van der Waals surface area contributed by atoms with Crippen molar-refractivity contribution in [3.05, 3.63) is 72.2 Å². The molecule has 1 fully saturated rings. The van der Waals surface area contributed by atoms with Gasteiger partial charge in [-0.2, -0.15) is 5.10 Å². The fraction of sp³-hybridized carbons (Fsp3) is 0.300. The maximum absolute atomic E-state index is 6.44. The summed E-state index contributed by atoms with van der Waals surface area (Å²) in [5.41, 5.74) is 11.0. The zero-order valence-electron chi connectivity index (χ0n) is 14.8. The van der Waals surface area contributed by atoms with Crippen LogP contribution in [0.3, 0.4) is 0 Å². The fourth-order valence-electron chi connectivity index (χ4n) is 3.74. The van der Waals surface area contributed by atoms with E-state index < -0.39 is 0 Å². The van der Waals surface area contributed by atoms with Crippen LogP contribution in [0.4, 0.5) is 0 Å². The SMILES string of the molecule is Cl.Cn1cc(CN2C[C@@H](N)[C@H](c3ccccc3)C2)c(-c2cccnc2)n1. The largest absolute Gasteiger partial charge is 0.326 e. The second kappa shape index (κ2) is 7.99. The summed E-state index contributed by atoms with van der Waals surface area (Å²) in [5.74, 6) is 0.389. The summed E-state index contributed by atoms with van der Waals surface area (Å²) in [6.07, 6.45) is 5.76. The van der Waals surface area contributed by atoms with E-state index >= 15 is 0 Å². The summed E-state index contributed by atoms with van der Waals surface area (Å²) < 4.78 is 1.88. The van der Waals surface area contributed by atoms with Gasteiger partial charge < -0.3 is 5.73 Å². The van der Waals surface area contributed by atoms with E-state index in [0.29, 0.717) is 5.92 Å². The third kappa shape index (κ3) is 3.80. The van der Waals surface area contributed by atoms with E-state index in [2.05, 4.69) is 57.6 Å². The Morgan fingerprint density at radius 3 is 2.65 bits per heavy atom. The Morgan fingerprint density at radius 2 is 1.92 bits per heavy atom. The molecule has 0 spiro atoms. The molecule has 5 nitrogen and oxygen atoms in total. The van der Waals surface area contributed by atoms with Gasteiger partial charge in [0, 0.05) is 68.4 Å². The van der Waals surface area contributed by atoms with Crippen LogP contribution in [0, 0.1) is 0 Å². The lowest BCUT2D eigenvalue weighted by atomic mass is 9.95. The summed E-state index contributed by atoms with van der Waals surface area (Å²) in [7, 11) is 1.96. The number of hydrogen-bond donors (Lipinski definition) is 1. The van der Waals surface area contributed by atoms with Gasteiger partial charge in [0.15, 0.2) is 0 Å². The van der Waals surface area contributed by atoms with Gasteiger partial charge in [-0.1, -0.05) is 30.3 Å². The van der Waals surface area contributed by atoms with E-state index in [1.54, 1.807) is 6.20 Å². The Morgan fingerprint density at radius 1 is 1.12 bits per heavy atom. The van der Waals surface area contributed by atoms with Gasteiger partial charge in [0.2, 0.25) is 0 Å². The number of aromatic nitrogens is 3. The lowest BCUT2D eigenvalue weighted by molar-refractivity contribution is 0.324. The minimum absolute atomic E-state index is 0. The molecule has 0 bridgehead atoms. The molecular formula is C20H24ClN5. The number of hydrogen-bond acceptors (Lipinski definition) is 4. The Kier molecular flexibility index (Phi) is 5.71. The Labute approximate surface area is 160 Å². The minimum Gasteiger partial charge on any atom is -0.326 e. The van der Waals surface area contributed by atoms with Crippen LogP contribution in [-0.4, -0.2) is 38.8 Å². The number of pyridine rings is 1. The average Bonchev–Trinajstić information content (AvgIpc) is 3.19. The number of aryl methyl sites for hydroxylation is 1. The average molecular weight is 370 g/mol. The first-order valence-corrected chi connectivity index (χ1v) is 8.66. The van der Waals surface area contributed by atoms with Crippen LogP contribution >= 0.6 is 12.4 Å². The highest BCUT2D eigenvalue weighted by Gasteiger charge is 2.31. The standard InChI is InChI=1S/C20H23N5.ClH/c1-24-11-17(20(23-24)16-8-5-9-22-10-16)12-25-13-18(19(21)14-25)15-6-3-2-4-7-15;/h2-11,18-19H,12-14,21H2,1H3;1H/t18-,19+;/m0./s1. The highest BCUT2D eigenvalue weighted by molar-refractivity contribution is 5.85. The number of rotatable bonds is 4. The molecule has 2 aromatic heterocycles. The summed E-state index contributed by atoms with van der Waals surface area (Å²) >= 11 is 0. The lowest BCUT2D eigenvalue weighted by Gasteiger charge is -2.16. The minimum atomic E-state index is 0. The second-order valence-electron chi connectivity index (χ2n) is 6.79. The van der Waals surface area contributed by atoms with E-state index in [0.717, 1.165) is 30.9 Å². The first-order chi connectivity index (χ1) is 12.2. The Bertz CT molecular complexity index is 834. The normalized spacial score (nSPS) is 20.1. The van der Waals surface area contributed by atoms with E-state index in [1.165, 1.54) is 11.1 Å². The van der Waals surface area contributed by atoms with Crippen LogP contribution < -0.4 is 5.73 Å². The van der Waals surface area contributed by atoms with Gasteiger partial charge in [-0.3, -0.25) is 14.6 Å². The van der Waals surface area contributed by atoms with E-state index in [1.807, 2.05) is 24.0 Å². The van der Waals surface area contributed by atoms with E-state index in [4.69, 9.17) is 5.73 Å². The number of halogens is 1. The summed E-state index contributed by atoms with van der Waals surface area (Å²) in [6.45, 7) is 2.74. The van der Waals surface area contributed by atoms with Crippen molar-refractivity contribution >= 4 is 12.4 Å². The predicted molar refractivity (Wildman–Crippen MR) is 106 cm³/mol. The quantitative estimate of drug-likeness (QED) is 0.768. The second-order valence-corrected chi connectivity index (χ2v) is 6.79. The molecule has 136 valence electrons. The van der Waals surface area contributed by atoms with Gasteiger partial charge in [0.1, 0.15) is 0 Å². The van der Waals surface area contributed by atoms with Crippen LogP contribution in [0.15, 0.2) is 61.1 Å². The topological polar surface area (TPSA) is 60.0 Å². The van der Waals surface area contributed by atoms with E-state index in [9.17, 15) is 0 Å². The molecule has 6 heteroatoms. The molecular weight excluding hydrogens is 346 g/mol. The Hall–Kier alpha value is -2.21. The molecule has 2 N–H and O–H groups in total. The van der Waals surface area contributed by atoms with Crippen molar-refractivity contribution in [2.45, 2.75) is 18.5 Å². The monoisotopic (exact) mass is 369 g/mol. The third-order valence-corrected chi connectivity index (χ3v) is 4.90. The molecule has 0 amide bonds. The first-order valence-electron chi connectivity index (χ1n) is 8.66. The van der Waals surface area contributed by atoms with Gasteiger partial charge in [0.05, 0.1) is 5.69 Å². The molecule has 3 aromatic rings. The van der Waals surface area contributed by atoms with Crippen molar-refractivity contribution in [1.82, 2.24) is 19.7 Å². The van der Waals surface area contributed by atoms with Crippen molar-refractivity contribution in [2.75, 3.05) is 13.1 Å². The van der Waals surface area contributed by atoms with Crippen molar-refractivity contribution in [3.8, 4) is 11.3 Å². The highest BCUT2D eigenvalue weighted by Crippen LogP contribution is 2.29. The first kappa shape index (κ1) is 18.6. The number of likely N-dealkylation sites (tertiary alicyclic amines) is 1. The molecule has 0 unspecified atom stereocenters. The fourth-order valence-corrected chi connectivity index (χ4v) is 3.74. The van der Waals surface area contributed by atoms with Crippen LogP contribution in [0.2, 0.25) is 0 Å². The van der Waals surface area contributed by atoms with Gasteiger partial charge in [-0.05, 0) is 17.7 Å². The van der Waals surface area contributed by atoms with Gasteiger partial charge in [0.25, 0.3) is 0 Å². The maximum atomic E-state index is 6.44. The zero-order chi connectivity index (χ0) is 17.2. The number of nitrogens with two attached hydrogens (primary N) is 1. The van der Waals surface area contributed by atoms with Crippen LogP contribution in [-0.2, 0) is 13.6 Å². The zero-order valence-corrected chi connectivity index (χ0v) is 15.6. The molecule has 0 aliphatic carbocycles. The van der Waals surface area contributed by atoms with Gasteiger partial charge in [-0.15, -0.1) is 12.4 Å². The molecule has 0 radical (unpaired) electrons. The van der Waals surface area contributed by atoms with Crippen molar-refractivity contribution in [2.24, 2.45) is 12.8 Å². The van der Waals surface area contributed by atoms with Crippen LogP contribution in [0.25, 0.3) is 11.3 Å². The summed E-state index contributed by atoms with van der Waals surface area (Å²) in [6, 6.07) is 14.8. The number of benzene rings is 1. The number of nitrogens with zero attached hydrogens (tertiary/aromatic N) is 4. The molecule has 1 aliphatic rings.